The van der Waals surface area contributed by atoms with Crippen LogP contribution in [0.4, 0.5) is 0 Å². The first-order valence-corrected chi connectivity index (χ1v) is 6.88. The average Bonchev–Trinajstić information content (AvgIpc) is 2.93. The Labute approximate surface area is 108 Å². The Morgan fingerprint density at radius 3 is 2.94 bits per heavy atom. The van der Waals surface area contributed by atoms with Crippen LogP contribution in [0.25, 0.3) is 0 Å². The molecular weight excluding hydrogens is 226 g/mol. The predicted molar refractivity (Wildman–Crippen MR) is 70.8 cm³/mol. The number of aliphatic hydroxyl groups is 1. The summed E-state index contributed by atoms with van der Waals surface area (Å²) in [6.45, 7) is 1.10. The van der Waals surface area contributed by atoms with Crippen molar-refractivity contribution < 1.29 is 9.84 Å². The molecule has 1 aliphatic heterocycles. The van der Waals surface area contributed by atoms with Crippen molar-refractivity contribution in [2.75, 3.05) is 13.7 Å². The normalized spacial score (nSPS) is 31.1. The largest absolute Gasteiger partial charge is 0.497 e. The van der Waals surface area contributed by atoms with Gasteiger partial charge in [0.2, 0.25) is 0 Å². The Morgan fingerprint density at radius 2 is 2.22 bits per heavy atom. The molecule has 1 aromatic carbocycles. The van der Waals surface area contributed by atoms with Crippen LogP contribution in [-0.4, -0.2) is 24.8 Å². The fourth-order valence-electron chi connectivity index (χ4n) is 3.41. The number of aliphatic hydroxyl groups excluding tert-OH is 1. The first-order chi connectivity index (χ1) is 8.79. The summed E-state index contributed by atoms with van der Waals surface area (Å²) in [5, 5.41) is 14.1. The molecule has 2 aliphatic rings. The van der Waals surface area contributed by atoms with Crippen molar-refractivity contribution in [3.8, 4) is 5.75 Å². The minimum atomic E-state index is -0.348. The molecule has 1 heterocycles. The van der Waals surface area contributed by atoms with Crippen molar-refractivity contribution in [3.63, 3.8) is 0 Å². The molecule has 1 aliphatic carbocycles. The number of methoxy groups -OCH3 is 1. The van der Waals surface area contributed by atoms with Crippen molar-refractivity contribution in [3.05, 3.63) is 29.3 Å². The van der Waals surface area contributed by atoms with Gasteiger partial charge in [0.15, 0.2) is 0 Å². The SMILES string of the molecule is COc1ccc2c(c1)C(O)C(C1CCCN1)CC2. The van der Waals surface area contributed by atoms with Crippen LogP contribution in [0.1, 0.15) is 36.5 Å². The van der Waals surface area contributed by atoms with Gasteiger partial charge >= 0.3 is 0 Å². The van der Waals surface area contributed by atoms with Gasteiger partial charge in [0.05, 0.1) is 13.2 Å². The molecule has 0 spiro atoms. The van der Waals surface area contributed by atoms with Gasteiger partial charge in [-0.2, -0.15) is 0 Å². The maximum Gasteiger partial charge on any atom is 0.119 e. The van der Waals surface area contributed by atoms with E-state index in [1.807, 2.05) is 12.1 Å². The van der Waals surface area contributed by atoms with Crippen molar-refractivity contribution in [2.24, 2.45) is 5.92 Å². The Kier molecular flexibility index (Phi) is 3.27. The lowest BCUT2D eigenvalue weighted by Gasteiger charge is -2.34. The Bertz CT molecular complexity index is 427. The predicted octanol–water partition coefficient (Wildman–Crippen LogP) is 2.04. The molecule has 0 bridgehead atoms. The molecule has 3 unspecified atom stereocenters. The maximum absolute atomic E-state index is 10.6. The summed E-state index contributed by atoms with van der Waals surface area (Å²) < 4.78 is 5.26. The number of fused-ring (bicyclic) bond motifs is 1. The van der Waals surface area contributed by atoms with Gasteiger partial charge in [-0.05, 0) is 55.5 Å². The smallest absolute Gasteiger partial charge is 0.119 e. The number of hydrogen-bond acceptors (Lipinski definition) is 3. The molecule has 0 aromatic heterocycles. The lowest BCUT2D eigenvalue weighted by molar-refractivity contribution is 0.0735. The number of benzene rings is 1. The summed E-state index contributed by atoms with van der Waals surface area (Å²) in [6, 6.07) is 6.57. The highest BCUT2D eigenvalue weighted by Crippen LogP contribution is 2.39. The van der Waals surface area contributed by atoms with E-state index in [4.69, 9.17) is 4.74 Å². The summed E-state index contributed by atoms with van der Waals surface area (Å²) in [6.07, 6.45) is 4.23. The molecule has 98 valence electrons. The third-order valence-corrected chi connectivity index (χ3v) is 4.44. The highest BCUT2D eigenvalue weighted by molar-refractivity contribution is 5.39. The standard InChI is InChI=1S/C15H21NO2/c1-18-11-6-4-10-5-7-12(14-3-2-8-16-14)15(17)13(10)9-11/h4,6,9,12,14-17H,2-3,5,7-8H2,1H3. The van der Waals surface area contributed by atoms with Crippen molar-refractivity contribution in [1.82, 2.24) is 5.32 Å². The van der Waals surface area contributed by atoms with Crippen LogP contribution in [0.2, 0.25) is 0 Å². The maximum atomic E-state index is 10.6. The summed E-state index contributed by atoms with van der Waals surface area (Å²) in [4.78, 5) is 0. The van der Waals surface area contributed by atoms with Gasteiger partial charge in [0, 0.05) is 12.0 Å². The molecule has 3 rings (SSSR count). The minimum absolute atomic E-state index is 0.348. The third kappa shape index (κ3) is 2.02. The van der Waals surface area contributed by atoms with E-state index in [2.05, 4.69) is 11.4 Å². The van der Waals surface area contributed by atoms with E-state index >= 15 is 0 Å². The van der Waals surface area contributed by atoms with Crippen LogP contribution in [-0.2, 0) is 6.42 Å². The first-order valence-electron chi connectivity index (χ1n) is 6.88. The van der Waals surface area contributed by atoms with Gasteiger partial charge in [0.1, 0.15) is 5.75 Å². The van der Waals surface area contributed by atoms with E-state index in [9.17, 15) is 5.11 Å². The van der Waals surface area contributed by atoms with E-state index < -0.39 is 0 Å². The van der Waals surface area contributed by atoms with Crippen LogP contribution >= 0.6 is 0 Å². The molecule has 1 fully saturated rings. The zero-order valence-corrected chi connectivity index (χ0v) is 10.9. The summed E-state index contributed by atoms with van der Waals surface area (Å²) >= 11 is 0. The van der Waals surface area contributed by atoms with Crippen LogP contribution in [0, 0.1) is 5.92 Å². The van der Waals surface area contributed by atoms with Gasteiger partial charge in [-0.3, -0.25) is 0 Å². The van der Waals surface area contributed by atoms with Crippen molar-refractivity contribution in [2.45, 2.75) is 37.8 Å². The molecule has 0 amide bonds. The monoisotopic (exact) mass is 247 g/mol. The summed E-state index contributed by atoms with van der Waals surface area (Å²) in [5.74, 6) is 1.19. The molecule has 3 atom stereocenters. The summed E-state index contributed by atoms with van der Waals surface area (Å²) in [7, 11) is 1.67. The molecule has 18 heavy (non-hydrogen) atoms. The fraction of sp³-hybridized carbons (Fsp3) is 0.600. The van der Waals surface area contributed by atoms with E-state index in [0.717, 1.165) is 30.7 Å². The highest BCUT2D eigenvalue weighted by atomic mass is 16.5. The molecule has 3 nitrogen and oxygen atoms in total. The minimum Gasteiger partial charge on any atom is -0.497 e. The van der Waals surface area contributed by atoms with E-state index in [1.54, 1.807) is 7.11 Å². The van der Waals surface area contributed by atoms with E-state index in [0.29, 0.717) is 12.0 Å². The first kappa shape index (κ1) is 12.0. The van der Waals surface area contributed by atoms with Crippen LogP contribution < -0.4 is 10.1 Å². The Hall–Kier alpha value is -1.06. The highest BCUT2D eigenvalue weighted by Gasteiger charge is 2.35. The van der Waals surface area contributed by atoms with E-state index in [-0.39, 0.29) is 6.10 Å². The fourth-order valence-corrected chi connectivity index (χ4v) is 3.41. The van der Waals surface area contributed by atoms with Crippen LogP contribution in [0.5, 0.6) is 5.75 Å². The van der Waals surface area contributed by atoms with Gasteiger partial charge in [0.25, 0.3) is 0 Å². The van der Waals surface area contributed by atoms with Crippen LogP contribution in [0.3, 0.4) is 0 Å². The van der Waals surface area contributed by atoms with Gasteiger partial charge in [-0.1, -0.05) is 6.07 Å². The molecule has 3 heteroatoms. The second-order valence-corrected chi connectivity index (χ2v) is 5.41. The average molecular weight is 247 g/mol. The third-order valence-electron chi connectivity index (χ3n) is 4.44. The summed E-state index contributed by atoms with van der Waals surface area (Å²) in [5.41, 5.74) is 2.34. The quantitative estimate of drug-likeness (QED) is 0.840. The molecule has 2 N–H and O–H groups in total. The van der Waals surface area contributed by atoms with Crippen LogP contribution in [0.15, 0.2) is 18.2 Å². The molecule has 1 saturated heterocycles. The van der Waals surface area contributed by atoms with Gasteiger partial charge in [-0.15, -0.1) is 0 Å². The van der Waals surface area contributed by atoms with Crippen molar-refractivity contribution >= 4 is 0 Å². The molecule has 0 radical (unpaired) electrons. The Balaban J connectivity index is 1.87. The number of rotatable bonds is 2. The zero-order chi connectivity index (χ0) is 12.5. The number of ether oxygens (including phenoxy) is 1. The molecular formula is C15H21NO2. The van der Waals surface area contributed by atoms with E-state index in [1.165, 1.54) is 18.4 Å². The van der Waals surface area contributed by atoms with Gasteiger partial charge < -0.3 is 15.2 Å². The number of aryl methyl sites for hydroxylation is 1. The second kappa shape index (κ2) is 4.90. The number of hydrogen-bond donors (Lipinski definition) is 2. The number of nitrogens with one attached hydrogen (secondary N) is 1. The molecule has 0 saturated carbocycles. The molecule has 1 aromatic rings. The van der Waals surface area contributed by atoms with Gasteiger partial charge in [-0.25, -0.2) is 0 Å². The van der Waals surface area contributed by atoms with Crippen molar-refractivity contribution in [1.29, 1.82) is 0 Å². The lowest BCUT2D eigenvalue weighted by Crippen LogP contribution is -2.37. The topological polar surface area (TPSA) is 41.5 Å². The second-order valence-electron chi connectivity index (χ2n) is 5.41. The zero-order valence-electron chi connectivity index (χ0n) is 10.9. The Morgan fingerprint density at radius 1 is 1.33 bits per heavy atom. The lowest BCUT2D eigenvalue weighted by atomic mass is 9.77.